The fraction of sp³-hybridized carbons (Fsp3) is 0.240. The molecule has 0 aliphatic heterocycles. The number of methoxy groups -OCH3 is 2. The number of amides is 1. The van der Waals surface area contributed by atoms with Crippen molar-refractivity contribution >= 4 is 27.1 Å². The molecule has 0 unspecified atom stereocenters. The minimum atomic E-state index is -4.14. The maximum atomic E-state index is 14.1. The highest BCUT2D eigenvalue weighted by Crippen LogP contribution is 2.34. The third kappa shape index (κ3) is 5.31. The molecule has 3 aromatic rings. The van der Waals surface area contributed by atoms with Gasteiger partial charge in [0.1, 0.15) is 5.82 Å². The van der Waals surface area contributed by atoms with Crippen molar-refractivity contribution in [3.8, 4) is 11.5 Å². The number of sulfone groups is 1. The van der Waals surface area contributed by atoms with Crippen LogP contribution >= 0.6 is 0 Å². The lowest BCUT2D eigenvalue weighted by atomic mass is 10.1. The Labute approximate surface area is 198 Å². The summed E-state index contributed by atoms with van der Waals surface area (Å²) in [6.07, 6.45) is 0.746. The number of aryl methyl sites for hydroxylation is 2. The molecule has 0 bridgehead atoms. The molecule has 0 aliphatic carbocycles. The fourth-order valence-corrected chi connectivity index (χ4v) is 5.00. The van der Waals surface area contributed by atoms with Crippen LogP contribution < -0.4 is 20.1 Å². The Hall–Kier alpha value is -3.59. The Morgan fingerprint density at radius 3 is 2.41 bits per heavy atom. The molecule has 0 atom stereocenters. The van der Waals surface area contributed by atoms with Crippen LogP contribution in [0, 0.1) is 12.7 Å². The fourth-order valence-electron chi connectivity index (χ4n) is 3.54. The highest BCUT2D eigenvalue weighted by molar-refractivity contribution is 7.91. The number of ether oxygens (including phenoxy) is 2. The summed E-state index contributed by atoms with van der Waals surface area (Å²) in [6, 6.07) is 13.2. The van der Waals surface area contributed by atoms with Crippen molar-refractivity contribution in [2.75, 3.05) is 31.4 Å². The molecule has 180 valence electrons. The van der Waals surface area contributed by atoms with Crippen LogP contribution in [0.5, 0.6) is 11.5 Å². The average Bonchev–Trinajstić information content (AvgIpc) is 2.83. The van der Waals surface area contributed by atoms with E-state index in [0.717, 1.165) is 35.4 Å². The maximum Gasteiger partial charge on any atom is 0.243 e. The van der Waals surface area contributed by atoms with Gasteiger partial charge in [-0.2, -0.15) is 0 Å². The SMILES string of the molecule is CCc1cccc(C)c1NC(=O)CNc1ccc(F)cc1S(=O)(=O)c1ccc(OC)c(OC)c1. The lowest BCUT2D eigenvalue weighted by Gasteiger charge is -2.16. The third-order valence-electron chi connectivity index (χ3n) is 5.34. The van der Waals surface area contributed by atoms with Crippen molar-refractivity contribution in [1.82, 2.24) is 0 Å². The Bertz CT molecular complexity index is 1310. The molecule has 3 rings (SSSR count). The van der Waals surface area contributed by atoms with Gasteiger partial charge in [-0.3, -0.25) is 4.79 Å². The summed E-state index contributed by atoms with van der Waals surface area (Å²) >= 11 is 0. The van der Waals surface area contributed by atoms with E-state index in [-0.39, 0.29) is 33.7 Å². The Morgan fingerprint density at radius 2 is 1.74 bits per heavy atom. The normalized spacial score (nSPS) is 11.1. The molecular weight excluding hydrogens is 459 g/mol. The van der Waals surface area contributed by atoms with Gasteiger partial charge >= 0.3 is 0 Å². The van der Waals surface area contributed by atoms with Crippen LogP contribution in [0.1, 0.15) is 18.1 Å². The number of para-hydroxylation sites is 1. The molecule has 9 heteroatoms. The molecule has 0 saturated heterocycles. The lowest BCUT2D eigenvalue weighted by Crippen LogP contribution is -2.23. The zero-order chi connectivity index (χ0) is 24.9. The molecule has 1 amide bonds. The second-order valence-corrected chi connectivity index (χ2v) is 9.44. The summed E-state index contributed by atoms with van der Waals surface area (Å²) in [6.45, 7) is 3.68. The summed E-state index contributed by atoms with van der Waals surface area (Å²) in [5.41, 5.74) is 2.75. The largest absolute Gasteiger partial charge is 0.493 e. The van der Waals surface area contributed by atoms with Crippen molar-refractivity contribution in [3.63, 3.8) is 0 Å². The summed E-state index contributed by atoms with van der Waals surface area (Å²) in [5, 5.41) is 5.70. The minimum Gasteiger partial charge on any atom is -0.493 e. The molecule has 0 aliphatic rings. The number of carbonyl (C=O) groups excluding carboxylic acids is 1. The monoisotopic (exact) mass is 486 g/mol. The van der Waals surface area contributed by atoms with E-state index in [1.54, 1.807) is 0 Å². The van der Waals surface area contributed by atoms with Crippen LogP contribution in [0.4, 0.5) is 15.8 Å². The molecule has 34 heavy (non-hydrogen) atoms. The smallest absolute Gasteiger partial charge is 0.243 e. The topological polar surface area (TPSA) is 93.7 Å². The lowest BCUT2D eigenvalue weighted by molar-refractivity contribution is -0.114. The number of rotatable bonds is 9. The second kappa shape index (κ2) is 10.6. The first-order valence-corrected chi connectivity index (χ1v) is 12.1. The predicted octanol–water partition coefficient (Wildman–Crippen LogP) is 4.60. The molecule has 2 N–H and O–H groups in total. The van der Waals surface area contributed by atoms with Crippen molar-refractivity contribution in [3.05, 3.63) is 71.5 Å². The highest BCUT2D eigenvalue weighted by atomic mass is 32.2. The summed E-state index contributed by atoms with van der Waals surface area (Å²) in [7, 11) is -1.32. The van der Waals surface area contributed by atoms with E-state index in [1.165, 1.54) is 38.5 Å². The van der Waals surface area contributed by atoms with Gasteiger partial charge in [0.15, 0.2) is 11.5 Å². The van der Waals surface area contributed by atoms with Gasteiger partial charge in [-0.05, 0) is 54.8 Å². The highest BCUT2D eigenvalue weighted by Gasteiger charge is 2.24. The first-order chi connectivity index (χ1) is 16.2. The van der Waals surface area contributed by atoms with Crippen molar-refractivity contribution in [2.24, 2.45) is 0 Å². The van der Waals surface area contributed by atoms with Gasteiger partial charge in [-0.15, -0.1) is 0 Å². The van der Waals surface area contributed by atoms with Gasteiger partial charge in [-0.1, -0.05) is 25.1 Å². The number of anilines is 2. The molecular formula is C25H27FN2O5S. The molecule has 0 heterocycles. The number of benzene rings is 3. The first kappa shape index (κ1) is 25.0. The molecule has 0 spiro atoms. The standard InChI is InChI=1S/C25H27FN2O5S/c1-5-17-8-6-7-16(2)25(17)28-24(29)15-27-20-11-9-18(26)13-23(20)34(30,31)19-10-12-21(32-3)22(14-19)33-4/h6-14,27H,5,15H2,1-4H3,(H,28,29). The molecule has 0 radical (unpaired) electrons. The summed E-state index contributed by atoms with van der Waals surface area (Å²) < 4.78 is 51.1. The van der Waals surface area contributed by atoms with Gasteiger partial charge in [0.2, 0.25) is 15.7 Å². The van der Waals surface area contributed by atoms with Gasteiger partial charge in [0, 0.05) is 11.8 Å². The van der Waals surface area contributed by atoms with Crippen LogP contribution in [-0.2, 0) is 21.1 Å². The van der Waals surface area contributed by atoms with E-state index in [0.29, 0.717) is 5.75 Å². The van der Waals surface area contributed by atoms with Crippen LogP contribution in [0.25, 0.3) is 0 Å². The number of hydrogen-bond donors (Lipinski definition) is 2. The second-order valence-electron chi connectivity index (χ2n) is 7.53. The van der Waals surface area contributed by atoms with Crippen LogP contribution in [0.15, 0.2) is 64.4 Å². The Kier molecular flexibility index (Phi) is 7.78. The van der Waals surface area contributed by atoms with Crippen molar-refractivity contribution in [1.29, 1.82) is 0 Å². The van der Waals surface area contributed by atoms with Crippen LogP contribution in [0.3, 0.4) is 0 Å². The number of carbonyl (C=O) groups is 1. The first-order valence-electron chi connectivity index (χ1n) is 10.6. The van der Waals surface area contributed by atoms with E-state index in [2.05, 4.69) is 10.6 Å². The Balaban J connectivity index is 1.88. The van der Waals surface area contributed by atoms with E-state index in [9.17, 15) is 17.6 Å². The minimum absolute atomic E-state index is 0.101. The van der Waals surface area contributed by atoms with Gasteiger partial charge in [0.25, 0.3) is 0 Å². The van der Waals surface area contributed by atoms with Gasteiger partial charge in [0.05, 0.1) is 36.2 Å². The van der Waals surface area contributed by atoms with E-state index >= 15 is 0 Å². The van der Waals surface area contributed by atoms with Crippen LogP contribution in [-0.4, -0.2) is 35.1 Å². The molecule has 3 aromatic carbocycles. The van der Waals surface area contributed by atoms with Crippen LogP contribution in [0.2, 0.25) is 0 Å². The van der Waals surface area contributed by atoms with Gasteiger partial charge in [-0.25, -0.2) is 12.8 Å². The zero-order valence-electron chi connectivity index (χ0n) is 19.4. The molecule has 7 nitrogen and oxygen atoms in total. The zero-order valence-corrected chi connectivity index (χ0v) is 20.3. The maximum absolute atomic E-state index is 14.1. The summed E-state index contributed by atoms with van der Waals surface area (Å²) in [5.74, 6) is -0.499. The number of halogens is 1. The van der Waals surface area contributed by atoms with E-state index in [1.807, 2.05) is 32.0 Å². The molecule has 0 fully saturated rings. The number of hydrogen-bond acceptors (Lipinski definition) is 6. The van der Waals surface area contributed by atoms with E-state index in [4.69, 9.17) is 9.47 Å². The molecule has 0 saturated carbocycles. The van der Waals surface area contributed by atoms with Gasteiger partial charge < -0.3 is 20.1 Å². The predicted molar refractivity (Wildman–Crippen MR) is 129 cm³/mol. The molecule has 0 aromatic heterocycles. The van der Waals surface area contributed by atoms with Crippen molar-refractivity contribution < 1.29 is 27.1 Å². The van der Waals surface area contributed by atoms with E-state index < -0.39 is 15.7 Å². The average molecular weight is 487 g/mol. The third-order valence-corrected chi connectivity index (χ3v) is 7.13. The number of nitrogens with one attached hydrogen (secondary N) is 2. The summed E-state index contributed by atoms with van der Waals surface area (Å²) in [4.78, 5) is 12.2. The quantitative estimate of drug-likeness (QED) is 0.459. The Morgan fingerprint density at radius 1 is 1.00 bits per heavy atom. The van der Waals surface area contributed by atoms with Crippen molar-refractivity contribution in [2.45, 2.75) is 30.1 Å².